The normalized spacial score (nSPS) is 13.5. The van der Waals surface area contributed by atoms with Gasteiger partial charge in [-0.2, -0.15) is 0 Å². The van der Waals surface area contributed by atoms with Crippen LogP contribution in [0.15, 0.2) is 72.9 Å². The van der Waals surface area contributed by atoms with Gasteiger partial charge in [-0.1, -0.05) is 94.0 Å². The van der Waals surface area contributed by atoms with Crippen molar-refractivity contribution in [2.75, 3.05) is 6.54 Å². The van der Waals surface area contributed by atoms with E-state index in [1.54, 1.807) is 6.08 Å². The van der Waals surface area contributed by atoms with E-state index in [2.05, 4.69) is 48.7 Å². The number of rotatable bonds is 14. The van der Waals surface area contributed by atoms with Crippen LogP contribution in [-0.4, -0.2) is 23.2 Å². The fourth-order valence-electron chi connectivity index (χ4n) is 2.09. The maximum absolute atomic E-state index is 11.7. The van der Waals surface area contributed by atoms with Gasteiger partial charge in [0.25, 0.3) is 0 Å². The summed E-state index contributed by atoms with van der Waals surface area (Å²) in [5, 5.41) is 12.8. The van der Waals surface area contributed by atoms with E-state index in [4.69, 9.17) is 0 Å². The zero-order chi connectivity index (χ0) is 20.2. The summed E-state index contributed by atoms with van der Waals surface area (Å²) in [6.45, 7) is 6.29. The Bertz CT molecular complexity index is 547. The van der Waals surface area contributed by atoms with Crippen molar-refractivity contribution in [3.05, 3.63) is 72.9 Å². The van der Waals surface area contributed by atoms with Crippen LogP contribution in [0.5, 0.6) is 0 Å². The van der Waals surface area contributed by atoms with Gasteiger partial charge in [-0.25, -0.2) is 0 Å². The third kappa shape index (κ3) is 15.8. The molecule has 27 heavy (non-hydrogen) atoms. The van der Waals surface area contributed by atoms with Crippen molar-refractivity contribution >= 4 is 5.91 Å². The molecule has 0 saturated carbocycles. The van der Waals surface area contributed by atoms with Crippen molar-refractivity contribution in [3.63, 3.8) is 0 Å². The van der Waals surface area contributed by atoms with Crippen LogP contribution in [-0.2, 0) is 4.79 Å². The molecule has 0 aliphatic heterocycles. The molecule has 0 radical (unpaired) electrons. The number of unbranched alkanes of at least 4 members (excludes halogenated alkanes) is 2. The third-order valence-electron chi connectivity index (χ3n) is 4.19. The van der Waals surface area contributed by atoms with Gasteiger partial charge in [0.1, 0.15) is 0 Å². The molecule has 0 aliphatic carbocycles. The van der Waals surface area contributed by atoms with Gasteiger partial charge in [0.15, 0.2) is 0 Å². The summed E-state index contributed by atoms with van der Waals surface area (Å²) >= 11 is 0. The topological polar surface area (TPSA) is 49.3 Å². The second kappa shape index (κ2) is 17.3. The molecule has 0 aromatic carbocycles. The zero-order valence-electron chi connectivity index (χ0n) is 17.2. The van der Waals surface area contributed by atoms with Crippen molar-refractivity contribution in [1.82, 2.24) is 5.32 Å². The molecule has 0 unspecified atom stereocenters. The molecule has 3 heteroatoms. The van der Waals surface area contributed by atoms with Crippen molar-refractivity contribution in [2.45, 2.75) is 64.9 Å². The molecule has 0 spiro atoms. The molecule has 2 N–H and O–H groups in total. The Morgan fingerprint density at radius 2 is 1.26 bits per heavy atom. The van der Waals surface area contributed by atoms with E-state index in [1.165, 1.54) is 12.5 Å². The fourth-order valence-corrected chi connectivity index (χ4v) is 2.09. The van der Waals surface area contributed by atoms with Gasteiger partial charge in [0, 0.05) is 12.6 Å². The van der Waals surface area contributed by atoms with Gasteiger partial charge in [0.2, 0.25) is 5.91 Å². The Balaban J connectivity index is 3.89. The molecule has 0 aromatic heterocycles. The highest BCUT2D eigenvalue weighted by molar-refractivity contribution is 5.87. The van der Waals surface area contributed by atoms with Crippen LogP contribution in [0.1, 0.15) is 59.3 Å². The molecular weight excluding hydrogens is 334 g/mol. The number of carbonyl (C=O) groups excluding carboxylic acids is 1. The molecule has 0 aromatic rings. The summed E-state index contributed by atoms with van der Waals surface area (Å²) in [6.07, 6.45) is 29.1. The number of hydrogen-bond acceptors (Lipinski definition) is 2. The number of carbonyl (C=O) groups is 1. The smallest absolute Gasteiger partial charge is 0.244 e. The van der Waals surface area contributed by atoms with Gasteiger partial charge in [-0.3, -0.25) is 4.79 Å². The molecule has 150 valence electrons. The number of amides is 1. The Morgan fingerprint density at radius 3 is 1.74 bits per heavy atom. The van der Waals surface area contributed by atoms with Crippen LogP contribution in [0.2, 0.25) is 0 Å². The predicted molar refractivity (Wildman–Crippen MR) is 118 cm³/mol. The van der Waals surface area contributed by atoms with Gasteiger partial charge in [-0.15, -0.1) is 0 Å². The summed E-state index contributed by atoms with van der Waals surface area (Å²) < 4.78 is 0. The van der Waals surface area contributed by atoms with E-state index >= 15 is 0 Å². The van der Waals surface area contributed by atoms with Crippen LogP contribution in [0.3, 0.4) is 0 Å². The Morgan fingerprint density at radius 1 is 0.778 bits per heavy atom. The molecule has 1 amide bonds. The highest BCUT2D eigenvalue weighted by Crippen LogP contribution is 2.12. The van der Waals surface area contributed by atoms with E-state index in [0.717, 1.165) is 19.3 Å². The van der Waals surface area contributed by atoms with Crippen LogP contribution in [0.25, 0.3) is 0 Å². The minimum Gasteiger partial charge on any atom is -0.388 e. The highest BCUT2D eigenvalue weighted by Gasteiger charge is 2.21. The second-order valence-corrected chi connectivity index (χ2v) is 6.43. The standard InChI is InChI=1S/C24H37NO2/c1-4-7-8-9-10-11-12-13-14-15-16-17-18-19-20-21-23(26)25-22-24(27,5-2)6-3/h8-13,16-21,27H,4-7,14-15,22H2,1-3H3,(H,25,26). The fraction of sp³-hybridized carbons (Fsp3) is 0.458. The molecule has 3 nitrogen and oxygen atoms in total. The van der Waals surface area contributed by atoms with Crippen molar-refractivity contribution in [3.8, 4) is 0 Å². The molecule has 0 atom stereocenters. The molecule has 0 saturated heterocycles. The Kier molecular flexibility index (Phi) is 15.9. The summed E-state index contributed by atoms with van der Waals surface area (Å²) in [5.74, 6) is -0.188. The Hall–Kier alpha value is -2.13. The van der Waals surface area contributed by atoms with Gasteiger partial charge in [-0.05, 0) is 32.1 Å². The van der Waals surface area contributed by atoms with E-state index < -0.39 is 5.60 Å². The van der Waals surface area contributed by atoms with E-state index in [0.29, 0.717) is 12.8 Å². The van der Waals surface area contributed by atoms with E-state index in [-0.39, 0.29) is 12.5 Å². The lowest BCUT2D eigenvalue weighted by Gasteiger charge is -2.24. The first-order valence-electron chi connectivity index (χ1n) is 10.1. The first kappa shape index (κ1) is 24.9. The summed E-state index contributed by atoms with van der Waals surface area (Å²) in [6, 6.07) is 0. The largest absolute Gasteiger partial charge is 0.388 e. The molecule has 0 rings (SSSR count). The maximum atomic E-state index is 11.7. The number of aliphatic hydroxyl groups is 1. The van der Waals surface area contributed by atoms with Gasteiger partial charge in [0.05, 0.1) is 5.60 Å². The summed E-state index contributed by atoms with van der Waals surface area (Å²) in [5.41, 5.74) is -0.807. The lowest BCUT2D eigenvalue weighted by molar-refractivity contribution is -0.117. The quantitative estimate of drug-likeness (QED) is 0.238. The molecule has 0 heterocycles. The van der Waals surface area contributed by atoms with Crippen LogP contribution < -0.4 is 5.32 Å². The monoisotopic (exact) mass is 371 g/mol. The molecule has 0 fully saturated rings. The van der Waals surface area contributed by atoms with Crippen molar-refractivity contribution in [2.24, 2.45) is 0 Å². The molecule has 0 aliphatic rings. The average Bonchev–Trinajstić information content (AvgIpc) is 2.69. The second-order valence-electron chi connectivity index (χ2n) is 6.43. The van der Waals surface area contributed by atoms with E-state index in [9.17, 15) is 9.90 Å². The maximum Gasteiger partial charge on any atom is 0.244 e. The van der Waals surface area contributed by atoms with Crippen LogP contribution in [0.4, 0.5) is 0 Å². The lowest BCUT2D eigenvalue weighted by Crippen LogP contribution is -2.41. The third-order valence-corrected chi connectivity index (χ3v) is 4.19. The minimum atomic E-state index is -0.807. The summed E-state index contributed by atoms with van der Waals surface area (Å²) in [7, 11) is 0. The first-order chi connectivity index (χ1) is 13.1. The van der Waals surface area contributed by atoms with Gasteiger partial charge < -0.3 is 10.4 Å². The minimum absolute atomic E-state index is 0.188. The van der Waals surface area contributed by atoms with Crippen LogP contribution in [0, 0.1) is 0 Å². The number of nitrogens with one attached hydrogen (secondary N) is 1. The van der Waals surface area contributed by atoms with Crippen molar-refractivity contribution in [1.29, 1.82) is 0 Å². The predicted octanol–water partition coefficient (Wildman–Crippen LogP) is 5.57. The molecular formula is C24H37NO2. The SMILES string of the molecule is CCCC=CC=CC=CCCC=CC=CC=CC(=O)NCC(O)(CC)CC. The summed E-state index contributed by atoms with van der Waals surface area (Å²) in [4.78, 5) is 11.7. The number of allylic oxidation sites excluding steroid dienone is 11. The zero-order valence-corrected chi connectivity index (χ0v) is 17.2. The van der Waals surface area contributed by atoms with E-state index in [1.807, 2.05) is 38.2 Å². The average molecular weight is 372 g/mol. The number of hydrogen-bond donors (Lipinski definition) is 2. The Labute approximate surface area is 166 Å². The first-order valence-corrected chi connectivity index (χ1v) is 10.1. The molecule has 0 bridgehead atoms. The lowest BCUT2D eigenvalue weighted by atomic mass is 9.98. The van der Waals surface area contributed by atoms with Crippen LogP contribution >= 0.6 is 0 Å². The van der Waals surface area contributed by atoms with Gasteiger partial charge >= 0.3 is 0 Å². The highest BCUT2D eigenvalue weighted by atomic mass is 16.3. The van der Waals surface area contributed by atoms with Crippen molar-refractivity contribution < 1.29 is 9.90 Å².